The first kappa shape index (κ1) is 15.3. The van der Waals surface area contributed by atoms with Crippen molar-refractivity contribution in [3.05, 3.63) is 81.0 Å². The Bertz CT molecular complexity index is 840. The third-order valence-corrected chi connectivity index (χ3v) is 4.14. The number of nitrogens with zero attached hydrogens (tertiary/aromatic N) is 2. The average molecular weight is 394 g/mol. The van der Waals surface area contributed by atoms with E-state index in [9.17, 15) is 0 Å². The molecule has 0 atom stereocenters. The van der Waals surface area contributed by atoms with E-state index in [0.717, 1.165) is 15.9 Å². The van der Waals surface area contributed by atoms with Crippen molar-refractivity contribution in [2.24, 2.45) is 4.99 Å². The zero-order valence-electron chi connectivity index (χ0n) is 11.4. The fourth-order valence-electron chi connectivity index (χ4n) is 2.08. The Morgan fingerprint density at radius 3 is 2.64 bits per heavy atom. The number of halogens is 3. The van der Waals surface area contributed by atoms with Crippen molar-refractivity contribution < 1.29 is 0 Å². The van der Waals surface area contributed by atoms with E-state index in [4.69, 9.17) is 23.2 Å². The molecule has 0 amide bonds. The minimum Gasteiger partial charge on any atom is -0.316 e. The molecule has 22 heavy (non-hydrogen) atoms. The van der Waals surface area contributed by atoms with Crippen molar-refractivity contribution in [1.29, 1.82) is 0 Å². The highest BCUT2D eigenvalue weighted by atomic mass is 79.9. The molecule has 0 saturated heterocycles. The maximum atomic E-state index is 6.14. The van der Waals surface area contributed by atoms with Gasteiger partial charge < -0.3 is 4.57 Å². The van der Waals surface area contributed by atoms with Gasteiger partial charge in [-0.25, -0.2) is 0 Å². The van der Waals surface area contributed by atoms with Gasteiger partial charge in [0.15, 0.2) is 0 Å². The molecule has 0 unspecified atom stereocenters. The van der Waals surface area contributed by atoms with Crippen LogP contribution in [0, 0.1) is 0 Å². The van der Waals surface area contributed by atoms with E-state index >= 15 is 0 Å². The molecular formula is C17H11BrCl2N2. The van der Waals surface area contributed by atoms with Gasteiger partial charge in [0.25, 0.3) is 0 Å². The molecule has 0 saturated carbocycles. The minimum absolute atomic E-state index is 0.532. The van der Waals surface area contributed by atoms with Crippen molar-refractivity contribution in [3.8, 4) is 5.69 Å². The summed E-state index contributed by atoms with van der Waals surface area (Å²) in [5, 5.41) is 1.13. The van der Waals surface area contributed by atoms with Crippen molar-refractivity contribution >= 4 is 51.0 Å². The molecule has 0 N–H and O–H groups in total. The van der Waals surface area contributed by atoms with Crippen LogP contribution < -0.4 is 0 Å². The Morgan fingerprint density at radius 2 is 1.86 bits per heavy atom. The molecule has 3 rings (SSSR count). The predicted octanol–water partition coefficient (Wildman–Crippen LogP) is 6.30. The van der Waals surface area contributed by atoms with Crippen molar-refractivity contribution in [2.75, 3.05) is 0 Å². The van der Waals surface area contributed by atoms with Crippen LogP contribution in [0.2, 0.25) is 10.0 Å². The molecule has 2 nitrogen and oxygen atoms in total. The molecule has 0 aliphatic carbocycles. The molecule has 0 fully saturated rings. The molecule has 0 spiro atoms. The molecule has 0 radical (unpaired) electrons. The smallest absolute Gasteiger partial charge is 0.0817 e. The minimum atomic E-state index is 0.532. The summed E-state index contributed by atoms with van der Waals surface area (Å²) in [6.07, 6.45) is 3.78. The molecule has 2 aromatic carbocycles. The molecule has 0 aliphatic heterocycles. The first-order valence-corrected chi connectivity index (χ1v) is 8.11. The zero-order valence-corrected chi connectivity index (χ0v) is 14.5. The molecule has 5 heteroatoms. The van der Waals surface area contributed by atoms with Crippen LogP contribution in [0.15, 0.2) is 70.3 Å². The molecule has 0 aliphatic rings. The number of benzene rings is 2. The SMILES string of the molecule is Clc1ccc(N=Cc2cccn2-c2cccc(Br)c2)c(Cl)c1. The van der Waals surface area contributed by atoms with Crippen LogP contribution in [0.3, 0.4) is 0 Å². The lowest BCUT2D eigenvalue weighted by molar-refractivity contribution is 1.07. The monoisotopic (exact) mass is 392 g/mol. The standard InChI is InChI=1S/C17H11BrCl2N2/c18-12-3-1-4-14(9-12)22-8-2-5-15(22)11-21-17-7-6-13(19)10-16(17)20/h1-11H. The lowest BCUT2D eigenvalue weighted by atomic mass is 10.3. The van der Waals surface area contributed by atoms with Crippen molar-refractivity contribution in [2.45, 2.75) is 0 Å². The Labute approximate surface area is 147 Å². The quantitative estimate of drug-likeness (QED) is 0.464. The van der Waals surface area contributed by atoms with E-state index in [1.165, 1.54) is 0 Å². The third kappa shape index (κ3) is 3.43. The van der Waals surface area contributed by atoms with Gasteiger partial charge >= 0.3 is 0 Å². The van der Waals surface area contributed by atoms with Crippen LogP contribution in [-0.4, -0.2) is 10.8 Å². The lowest BCUT2D eigenvalue weighted by Crippen LogP contribution is -1.97. The van der Waals surface area contributed by atoms with E-state index < -0.39 is 0 Å². The highest BCUT2D eigenvalue weighted by Gasteiger charge is 2.03. The van der Waals surface area contributed by atoms with Gasteiger partial charge in [-0.1, -0.05) is 45.2 Å². The fraction of sp³-hybridized carbons (Fsp3) is 0. The number of hydrogen-bond donors (Lipinski definition) is 0. The van der Waals surface area contributed by atoms with E-state index in [-0.39, 0.29) is 0 Å². The first-order chi connectivity index (χ1) is 10.6. The van der Waals surface area contributed by atoms with Gasteiger partial charge in [0.1, 0.15) is 0 Å². The van der Waals surface area contributed by atoms with Gasteiger partial charge in [-0.15, -0.1) is 0 Å². The molecular weight excluding hydrogens is 383 g/mol. The Hall–Kier alpha value is -1.55. The molecule has 110 valence electrons. The largest absolute Gasteiger partial charge is 0.316 e. The molecule has 1 aromatic heterocycles. The molecule has 1 heterocycles. The third-order valence-electron chi connectivity index (χ3n) is 3.11. The van der Waals surface area contributed by atoms with Crippen LogP contribution in [0.25, 0.3) is 5.69 Å². The van der Waals surface area contributed by atoms with Crippen molar-refractivity contribution in [1.82, 2.24) is 4.57 Å². The van der Waals surface area contributed by atoms with E-state index in [0.29, 0.717) is 15.7 Å². The topological polar surface area (TPSA) is 17.3 Å². The van der Waals surface area contributed by atoms with Crippen LogP contribution in [-0.2, 0) is 0 Å². The van der Waals surface area contributed by atoms with Gasteiger partial charge in [0, 0.05) is 21.4 Å². The second-order valence-corrected chi connectivity index (χ2v) is 6.40. The fourth-order valence-corrected chi connectivity index (χ4v) is 2.93. The summed E-state index contributed by atoms with van der Waals surface area (Å²) in [4.78, 5) is 4.45. The number of rotatable bonds is 3. The predicted molar refractivity (Wildman–Crippen MR) is 97.2 cm³/mol. The summed E-state index contributed by atoms with van der Waals surface area (Å²) in [5.41, 5.74) is 2.71. The molecule has 0 bridgehead atoms. The summed E-state index contributed by atoms with van der Waals surface area (Å²) in [7, 11) is 0. The van der Waals surface area contributed by atoms with Gasteiger partial charge in [-0.2, -0.15) is 0 Å². The Morgan fingerprint density at radius 1 is 1.00 bits per heavy atom. The summed E-state index contributed by atoms with van der Waals surface area (Å²) in [6, 6.07) is 17.3. The first-order valence-electron chi connectivity index (χ1n) is 6.56. The van der Waals surface area contributed by atoms with Crippen LogP contribution in [0.4, 0.5) is 5.69 Å². The van der Waals surface area contributed by atoms with Gasteiger partial charge in [0.05, 0.1) is 22.6 Å². The van der Waals surface area contributed by atoms with Gasteiger partial charge in [-0.05, 0) is 48.5 Å². The van der Waals surface area contributed by atoms with Crippen LogP contribution >= 0.6 is 39.1 Å². The van der Waals surface area contributed by atoms with Gasteiger partial charge in [-0.3, -0.25) is 4.99 Å². The second-order valence-electron chi connectivity index (χ2n) is 4.64. The second kappa shape index (κ2) is 6.69. The average Bonchev–Trinajstić information content (AvgIpc) is 2.95. The number of hydrogen-bond acceptors (Lipinski definition) is 1. The maximum Gasteiger partial charge on any atom is 0.0817 e. The van der Waals surface area contributed by atoms with E-state index in [1.54, 1.807) is 24.4 Å². The van der Waals surface area contributed by atoms with Crippen molar-refractivity contribution in [3.63, 3.8) is 0 Å². The highest BCUT2D eigenvalue weighted by molar-refractivity contribution is 9.10. The van der Waals surface area contributed by atoms with Crippen LogP contribution in [0.5, 0.6) is 0 Å². The van der Waals surface area contributed by atoms with E-state index in [1.807, 2.05) is 42.6 Å². The summed E-state index contributed by atoms with van der Waals surface area (Å²) < 4.78 is 3.08. The number of aliphatic imine (C=N–C) groups is 1. The molecule has 3 aromatic rings. The van der Waals surface area contributed by atoms with Crippen LogP contribution in [0.1, 0.15) is 5.69 Å². The normalized spacial score (nSPS) is 11.2. The lowest BCUT2D eigenvalue weighted by Gasteiger charge is -2.06. The Kier molecular flexibility index (Phi) is 4.67. The zero-order chi connectivity index (χ0) is 15.5. The number of aromatic nitrogens is 1. The summed E-state index contributed by atoms with van der Waals surface area (Å²) >= 11 is 15.5. The van der Waals surface area contributed by atoms with E-state index in [2.05, 4.69) is 25.5 Å². The highest BCUT2D eigenvalue weighted by Crippen LogP contribution is 2.28. The summed E-state index contributed by atoms with van der Waals surface area (Å²) in [5.74, 6) is 0. The summed E-state index contributed by atoms with van der Waals surface area (Å²) in [6.45, 7) is 0. The van der Waals surface area contributed by atoms with Gasteiger partial charge in [0.2, 0.25) is 0 Å². The Balaban J connectivity index is 1.94. The maximum absolute atomic E-state index is 6.14.